The van der Waals surface area contributed by atoms with Crippen LogP contribution in [0.5, 0.6) is 11.5 Å². The molecule has 0 aliphatic carbocycles. The third kappa shape index (κ3) is 10.5. The van der Waals surface area contributed by atoms with Gasteiger partial charge in [-0.1, -0.05) is 24.3 Å². The summed E-state index contributed by atoms with van der Waals surface area (Å²) in [5.74, 6) is -5.25. The van der Waals surface area contributed by atoms with Crippen molar-refractivity contribution in [2.24, 2.45) is 5.73 Å². The Morgan fingerprint density at radius 3 is 1.62 bits per heavy atom. The largest absolute Gasteiger partial charge is 0.508 e. The molecule has 0 saturated carbocycles. The normalized spacial score (nSPS) is 13.8. The first-order valence-corrected chi connectivity index (χ1v) is 12.8. The van der Waals surface area contributed by atoms with Crippen molar-refractivity contribution in [3.63, 3.8) is 0 Å². The fraction of sp³-hybridized carbons (Fsp3) is 0.346. The van der Waals surface area contributed by atoms with Crippen LogP contribution in [0, 0.1) is 0 Å². The first-order valence-electron chi connectivity index (χ1n) is 12.2. The van der Waals surface area contributed by atoms with Crippen molar-refractivity contribution in [3.8, 4) is 11.5 Å². The number of carbonyl (C=O) groups is 5. The molecule has 14 heteroatoms. The molecule has 4 atom stereocenters. The average Bonchev–Trinajstić information content (AvgIpc) is 2.91. The summed E-state index contributed by atoms with van der Waals surface area (Å²) in [5.41, 5.74) is 7.12. The van der Waals surface area contributed by atoms with Crippen LogP contribution in [0.1, 0.15) is 24.0 Å². The first kappa shape index (κ1) is 31.9. The number of carbonyl (C=O) groups excluding carboxylic acids is 3. The lowest BCUT2D eigenvalue weighted by Gasteiger charge is -2.24. The number of nitrogens with one attached hydrogen (secondary N) is 3. The molecule has 0 bridgehead atoms. The molecule has 0 spiro atoms. The lowest BCUT2D eigenvalue weighted by molar-refractivity contribution is -0.142. The second-order valence-corrected chi connectivity index (χ2v) is 9.35. The molecule has 0 heterocycles. The Labute approximate surface area is 235 Å². The number of carboxylic acids is 2. The molecule has 3 amide bonds. The number of hydrogen-bond acceptors (Lipinski definition) is 9. The third-order valence-electron chi connectivity index (χ3n) is 5.81. The standard InChI is InChI=1S/C26H32N4O9S/c27-18(11-14-1-5-16(31)6-2-14)23(35)28-19(9-10-22(33)34)24(36)30-21(13-40)25(37)29-20(26(38)39)12-15-3-7-17(32)8-4-15/h1-8,18-21,31-32,40H,9-13,27H2,(H,28,35)(H,29,37)(H,30,36)(H,33,34)(H,38,39). The van der Waals surface area contributed by atoms with Crippen LogP contribution in [0.4, 0.5) is 0 Å². The van der Waals surface area contributed by atoms with Gasteiger partial charge in [-0.25, -0.2) is 4.79 Å². The number of phenolic OH excluding ortho intramolecular Hbond substituents is 2. The number of phenols is 2. The predicted molar refractivity (Wildman–Crippen MR) is 146 cm³/mol. The van der Waals surface area contributed by atoms with Gasteiger partial charge in [0.2, 0.25) is 17.7 Å². The number of hydrogen-bond donors (Lipinski definition) is 9. The summed E-state index contributed by atoms with van der Waals surface area (Å²) < 4.78 is 0. The van der Waals surface area contributed by atoms with Gasteiger partial charge in [0.1, 0.15) is 29.6 Å². The van der Waals surface area contributed by atoms with Crippen molar-refractivity contribution < 1.29 is 44.4 Å². The lowest BCUT2D eigenvalue weighted by Crippen LogP contribution is -2.58. The van der Waals surface area contributed by atoms with Gasteiger partial charge in [0.05, 0.1) is 6.04 Å². The SMILES string of the molecule is NC(Cc1ccc(O)cc1)C(=O)NC(CCC(=O)O)C(=O)NC(CS)C(=O)NC(Cc1ccc(O)cc1)C(=O)O. The molecule has 13 nitrogen and oxygen atoms in total. The maximum atomic E-state index is 13.0. The van der Waals surface area contributed by atoms with Gasteiger partial charge >= 0.3 is 11.9 Å². The molecule has 0 saturated heterocycles. The Morgan fingerprint density at radius 2 is 1.15 bits per heavy atom. The van der Waals surface area contributed by atoms with Crippen LogP contribution in [-0.4, -0.2) is 80.0 Å². The van der Waals surface area contributed by atoms with Gasteiger partial charge in [-0.15, -0.1) is 0 Å². The third-order valence-corrected chi connectivity index (χ3v) is 6.18. The van der Waals surface area contributed by atoms with Gasteiger partial charge in [-0.2, -0.15) is 12.6 Å². The molecule has 216 valence electrons. The zero-order chi connectivity index (χ0) is 29.8. The number of aromatic hydroxyl groups is 2. The van der Waals surface area contributed by atoms with Gasteiger partial charge in [-0.3, -0.25) is 19.2 Å². The highest BCUT2D eigenvalue weighted by atomic mass is 32.1. The highest BCUT2D eigenvalue weighted by Gasteiger charge is 2.30. The topological polar surface area (TPSA) is 228 Å². The quantitative estimate of drug-likeness (QED) is 0.124. The van der Waals surface area contributed by atoms with E-state index in [9.17, 15) is 39.3 Å². The second kappa shape index (κ2) is 15.3. The Morgan fingerprint density at radius 1 is 0.700 bits per heavy atom. The molecule has 0 aliphatic heterocycles. The fourth-order valence-electron chi connectivity index (χ4n) is 3.60. The van der Waals surface area contributed by atoms with Gasteiger partial charge in [-0.05, 0) is 48.2 Å². The molecule has 0 aromatic heterocycles. The van der Waals surface area contributed by atoms with E-state index in [4.69, 9.17) is 10.8 Å². The number of carboxylic acid groups (broad SMARTS) is 2. The molecule has 0 radical (unpaired) electrons. The van der Waals surface area contributed by atoms with Crippen LogP contribution in [0.2, 0.25) is 0 Å². The maximum absolute atomic E-state index is 13.0. The van der Waals surface area contributed by atoms with Crippen LogP contribution >= 0.6 is 12.6 Å². The van der Waals surface area contributed by atoms with E-state index in [1.807, 2.05) is 0 Å². The highest BCUT2D eigenvalue weighted by Crippen LogP contribution is 2.13. The second-order valence-electron chi connectivity index (χ2n) is 8.98. The van der Waals surface area contributed by atoms with E-state index in [1.54, 1.807) is 12.1 Å². The lowest BCUT2D eigenvalue weighted by atomic mass is 10.0. The van der Waals surface area contributed by atoms with Gasteiger partial charge in [0.25, 0.3) is 0 Å². The summed E-state index contributed by atoms with van der Waals surface area (Å²) in [6.45, 7) is 0. The van der Waals surface area contributed by atoms with Crippen LogP contribution in [-0.2, 0) is 36.8 Å². The average molecular weight is 577 g/mol. The van der Waals surface area contributed by atoms with Crippen LogP contribution in [0.15, 0.2) is 48.5 Å². The summed E-state index contributed by atoms with van der Waals surface area (Å²) >= 11 is 4.06. The Kier molecular flexibility index (Phi) is 12.2. The van der Waals surface area contributed by atoms with E-state index in [0.29, 0.717) is 11.1 Å². The molecule has 2 rings (SSSR count). The number of nitrogens with two attached hydrogens (primary N) is 1. The monoisotopic (exact) mass is 576 g/mol. The van der Waals surface area contributed by atoms with E-state index in [2.05, 4.69) is 28.6 Å². The molecule has 2 aromatic rings. The number of aliphatic carboxylic acids is 2. The summed E-state index contributed by atoms with van der Waals surface area (Å²) in [5, 5.41) is 44.5. The van der Waals surface area contributed by atoms with E-state index >= 15 is 0 Å². The smallest absolute Gasteiger partial charge is 0.326 e. The predicted octanol–water partition coefficient (Wildman–Crippen LogP) is -0.456. The van der Waals surface area contributed by atoms with E-state index in [0.717, 1.165) is 0 Å². The summed E-state index contributed by atoms with van der Waals surface area (Å²) in [4.78, 5) is 61.3. The molecule has 2 aromatic carbocycles. The van der Waals surface area contributed by atoms with Crippen LogP contribution in [0.25, 0.3) is 0 Å². The molecule has 0 aliphatic rings. The van der Waals surface area contributed by atoms with Gasteiger partial charge < -0.3 is 42.1 Å². The Balaban J connectivity index is 2.07. The van der Waals surface area contributed by atoms with Crippen molar-refractivity contribution in [2.75, 3.05) is 5.75 Å². The van der Waals surface area contributed by atoms with Crippen molar-refractivity contribution in [2.45, 2.75) is 49.9 Å². The first-order chi connectivity index (χ1) is 18.9. The summed E-state index contributed by atoms with van der Waals surface area (Å²) in [6.07, 6.45) is -0.821. The minimum atomic E-state index is -1.36. The molecule has 0 fully saturated rings. The zero-order valence-corrected chi connectivity index (χ0v) is 22.2. The van der Waals surface area contributed by atoms with Crippen LogP contribution < -0.4 is 21.7 Å². The number of amides is 3. The minimum Gasteiger partial charge on any atom is -0.508 e. The number of benzene rings is 2. The van der Waals surface area contributed by atoms with Gasteiger partial charge in [0, 0.05) is 18.6 Å². The molecular weight excluding hydrogens is 544 g/mol. The zero-order valence-electron chi connectivity index (χ0n) is 21.3. The molecular formula is C26H32N4O9S. The molecule has 4 unspecified atom stereocenters. The van der Waals surface area contributed by atoms with Crippen molar-refractivity contribution in [1.82, 2.24) is 16.0 Å². The summed E-state index contributed by atoms with van der Waals surface area (Å²) in [7, 11) is 0. The fourth-order valence-corrected chi connectivity index (χ4v) is 3.86. The van der Waals surface area contributed by atoms with Crippen molar-refractivity contribution in [1.29, 1.82) is 0 Å². The number of rotatable bonds is 15. The summed E-state index contributed by atoms with van der Waals surface area (Å²) in [6, 6.07) is 6.57. The molecule has 9 N–H and O–H groups in total. The molecule has 40 heavy (non-hydrogen) atoms. The number of thiol groups is 1. The minimum absolute atomic E-state index is 0.0108. The van der Waals surface area contributed by atoms with E-state index in [-0.39, 0.29) is 36.5 Å². The highest BCUT2D eigenvalue weighted by molar-refractivity contribution is 7.80. The Bertz CT molecular complexity index is 1190. The Hall–Kier alpha value is -4.30. The van der Waals surface area contributed by atoms with Gasteiger partial charge in [0.15, 0.2) is 0 Å². The van der Waals surface area contributed by atoms with E-state index < -0.39 is 60.2 Å². The van der Waals surface area contributed by atoms with Crippen molar-refractivity contribution >= 4 is 42.3 Å². The van der Waals surface area contributed by atoms with Crippen molar-refractivity contribution in [3.05, 3.63) is 59.7 Å². The maximum Gasteiger partial charge on any atom is 0.326 e. The van der Waals surface area contributed by atoms with Crippen LogP contribution in [0.3, 0.4) is 0 Å². The van der Waals surface area contributed by atoms with E-state index in [1.165, 1.54) is 36.4 Å².